The second kappa shape index (κ2) is 7.87. The van der Waals surface area contributed by atoms with E-state index in [-0.39, 0.29) is 16.9 Å². The van der Waals surface area contributed by atoms with E-state index in [1.54, 1.807) is 20.8 Å². The fourth-order valence-electron chi connectivity index (χ4n) is 1.16. The molecule has 1 rings (SSSR count). The molecule has 1 aromatic heterocycles. The van der Waals surface area contributed by atoms with Crippen molar-refractivity contribution in [2.75, 3.05) is 19.4 Å². The maximum Gasteiger partial charge on any atom is 0.407 e. The molecule has 1 N–H and O–H groups in total. The lowest BCUT2D eigenvalue weighted by atomic mass is 10.2. The van der Waals surface area contributed by atoms with Crippen molar-refractivity contribution in [2.24, 2.45) is 0 Å². The van der Waals surface area contributed by atoms with Gasteiger partial charge in [-0.3, -0.25) is 4.79 Å². The van der Waals surface area contributed by atoms with Gasteiger partial charge in [0.1, 0.15) is 11.4 Å². The van der Waals surface area contributed by atoms with Crippen molar-refractivity contribution >= 4 is 23.8 Å². The molecule has 1 aromatic rings. The quantitative estimate of drug-likeness (QED) is 0.620. The smallest absolute Gasteiger partial charge is 0.407 e. The summed E-state index contributed by atoms with van der Waals surface area (Å²) in [6.45, 7) is 5.68. The van der Waals surface area contributed by atoms with Crippen molar-refractivity contribution in [3.63, 3.8) is 0 Å². The highest BCUT2D eigenvalue weighted by molar-refractivity contribution is 7.99. The first kappa shape index (κ1) is 17.3. The van der Waals surface area contributed by atoms with Gasteiger partial charge >= 0.3 is 12.1 Å². The van der Waals surface area contributed by atoms with Crippen LogP contribution < -0.4 is 5.32 Å². The number of thioether (sulfide) groups is 1. The van der Waals surface area contributed by atoms with Crippen LogP contribution in [0.3, 0.4) is 0 Å². The minimum Gasteiger partial charge on any atom is -0.468 e. The van der Waals surface area contributed by atoms with Crippen LogP contribution in [0.1, 0.15) is 26.7 Å². The number of nitrogens with one attached hydrogen (secondary N) is 1. The summed E-state index contributed by atoms with van der Waals surface area (Å²) in [5.41, 5.74) is -0.535. The number of ether oxygens (including phenoxy) is 2. The molecule has 8 nitrogen and oxygen atoms in total. The first-order chi connectivity index (χ1) is 9.80. The third-order valence-electron chi connectivity index (χ3n) is 2.00. The minimum atomic E-state index is -0.535. The minimum absolute atomic E-state index is 0.105. The number of alkyl carbamates (subject to hydrolysis) is 1. The van der Waals surface area contributed by atoms with Gasteiger partial charge in [0.05, 0.1) is 7.11 Å². The molecule has 0 radical (unpaired) electrons. The summed E-state index contributed by atoms with van der Waals surface area (Å²) in [6, 6.07) is 0. The molecule has 1 amide bonds. The largest absolute Gasteiger partial charge is 0.468 e. The summed E-state index contributed by atoms with van der Waals surface area (Å²) in [5, 5.41) is 10.5. The third-order valence-corrected chi connectivity index (χ3v) is 2.79. The molecule has 1 heterocycles. The van der Waals surface area contributed by atoms with Crippen molar-refractivity contribution < 1.29 is 23.5 Å². The number of nitrogens with zero attached hydrogens (tertiary/aromatic N) is 2. The van der Waals surface area contributed by atoms with Crippen LogP contribution >= 0.6 is 11.8 Å². The van der Waals surface area contributed by atoms with Gasteiger partial charge in [0.2, 0.25) is 5.89 Å². The average Bonchev–Trinajstić information content (AvgIpc) is 2.81. The molecule has 9 heteroatoms. The first-order valence-electron chi connectivity index (χ1n) is 6.29. The zero-order valence-corrected chi connectivity index (χ0v) is 13.3. The number of carbonyl (C=O) groups is 2. The van der Waals surface area contributed by atoms with Crippen molar-refractivity contribution in [1.82, 2.24) is 15.5 Å². The molecule has 0 spiro atoms. The van der Waals surface area contributed by atoms with E-state index in [1.807, 2.05) is 0 Å². The van der Waals surface area contributed by atoms with E-state index < -0.39 is 11.7 Å². The molecule has 0 saturated carbocycles. The standard InChI is InChI=1S/C12H19N3O5S/c1-12(2,3)20-10(17)13-6-5-8-14-15-11(19-8)21-7-9(16)18-4/h5-7H2,1-4H3,(H,13,17). The SMILES string of the molecule is COC(=O)CSc1nnc(CCNC(=O)OC(C)(C)C)o1. The zero-order valence-electron chi connectivity index (χ0n) is 12.5. The van der Waals surface area contributed by atoms with Crippen LogP contribution in [-0.4, -0.2) is 47.3 Å². The number of esters is 1. The Morgan fingerprint density at radius 3 is 2.67 bits per heavy atom. The highest BCUT2D eigenvalue weighted by Crippen LogP contribution is 2.16. The number of hydrogen-bond acceptors (Lipinski definition) is 8. The second-order valence-corrected chi connectivity index (χ2v) is 5.93. The molecule has 0 atom stereocenters. The van der Waals surface area contributed by atoms with Gasteiger partial charge in [-0.15, -0.1) is 10.2 Å². The lowest BCUT2D eigenvalue weighted by Gasteiger charge is -2.19. The fourth-order valence-corrected chi connectivity index (χ4v) is 1.78. The second-order valence-electron chi connectivity index (χ2n) is 5.01. The van der Waals surface area contributed by atoms with Gasteiger partial charge in [-0.2, -0.15) is 0 Å². The van der Waals surface area contributed by atoms with Crippen LogP contribution in [0.4, 0.5) is 4.79 Å². The van der Waals surface area contributed by atoms with Gasteiger partial charge in [-0.1, -0.05) is 11.8 Å². The number of aromatic nitrogens is 2. The first-order valence-corrected chi connectivity index (χ1v) is 7.27. The molecule has 0 saturated heterocycles. The normalized spacial score (nSPS) is 11.0. The van der Waals surface area contributed by atoms with E-state index in [9.17, 15) is 9.59 Å². The average molecular weight is 317 g/mol. The third kappa shape index (κ3) is 7.54. The Balaban J connectivity index is 2.29. The van der Waals surface area contributed by atoms with E-state index >= 15 is 0 Å². The van der Waals surface area contributed by atoms with Gasteiger partial charge < -0.3 is 19.2 Å². The van der Waals surface area contributed by atoms with Crippen LogP contribution in [-0.2, 0) is 20.7 Å². The van der Waals surface area contributed by atoms with Crippen molar-refractivity contribution in [3.8, 4) is 0 Å². The van der Waals surface area contributed by atoms with E-state index in [0.717, 1.165) is 11.8 Å². The summed E-state index contributed by atoms with van der Waals surface area (Å²) in [5.74, 6) is 0.110. The number of carbonyl (C=O) groups excluding carboxylic acids is 2. The Labute approximate surface area is 127 Å². The van der Waals surface area contributed by atoms with Gasteiger partial charge in [0.15, 0.2) is 0 Å². The van der Waals surface area contributed by atoms with Crippen molar-refractivity contribution in [1.29, 1.82) is 0 Å². The summed E-state index contributed by atoms with van der Waals surface area (Å²) >= 11 is 1.09. The molecule has 0 unspecified atom stereocenters. The predicted molar refractivity (Wildman–Crippen MR) is 75.0 cm³/mol. The van der Waals surface area contributed by atoms with Crippen LogP contribution in [0.5, 0.6) is 0 Å². The van der Waals surface area contributed by atoms with E-state index in [1.165, 1.54) is 7.11 Å². The monoisotopic (exact) mass is 317 g/mol. The number of methoxy groups -OCH3 is 1. The fraction of sp³-hybridized carbons (Fsp3) is 0.667. The molecule has 21 heavy (non-hydrogen) atoms. The van der Waals surface area contributed by atoms with Crippen molar-refractivity contribution in [2.45, 2.75) is 38.0 Å². The maximum absolute atomic E-state index is 11.4. The van der Waals surface area contributed by atoms with E-state index in [0.29, 0.717) is 18.9 Å². The molecule has 0 aromatic carbocycles. The van der Waals surface area contributed by atoms with Crippen LogP contribution in [0.25, 0.3) is 0 Å². The van der Waals surface area contributed by atoms with Crippen molar-refractivity contribution in [3.05, 3.63) is 5.89 Å². The number of amides is 1. The van der Waals surface area contributed by atoms with Crippen LogP contribution in [0.15, 0.2) is 9.64 Å². The molecule has 0 aliphatic carbocycles. The summed E-state index contributed by atoms with van der Waals surface area (Å²) in [6.07, 6.45) is -0.118. The Kier molecular flexibility index (Phi) is 6.47. The van der Waals surface area contributed by atoms with Gasteiger partial charge in [0.25, 0.3) is 5.22 Å². The summed E-state index contributed by atoms with van der Waals surface area (Å²) in [4.78, 5) is 22.4. The molecule has 0 aliphatic rings. The molecule has 0 aliphatic heterocycles. The zero-order chi connectivity index (χ0) is 15.9. The Morgan fingerprint density at radius 2 is 2.05 bits per heavy atom. The maximum atomic E-state index is 11.4. The Hall–Kier alpha value is -1.77. The Bertz CT molecular complexity index is 483. The lowest BCUT2D eigenvalue weighted by Crippen LogP contribution is -2.33. The molecule has 118 valence electrons. The Morgan fingerprint density at radius 1 is 1.33 bits per heavy atom. The molecular formula is C12H19N3O5S. The lowest BCUT2D eigenvalue weighted by molar-refractivity contribution is -0.137. The van der Waals surface area contributed by atoms with Gasteiger partial charge in [-0.25, -0.2) is 4.79 Å². The van der Waals surface area contributed by atoms with Crippen LogP contribution in [0.2, 0.25) is 0 Å². The van der Waals surface area contributed by atoms with Crippen LogP contribution in [0, 0.1) is 0 Å². The summed E-state index contributed by atoms with van der Waals surface area (Å²) < 4.78 is 14.9. The summed E-state index contributed by atoms with van der Waals surface area (Å²) in [7, 11) is 1.31. The predicted octanol–water partition coefficient (Wildman–Crippen LogP) is 1.40. The topological polar surface area (TPSA) is 104 Å². The molecule has 0 bridgehead atoms. The molecule has 0 fully saturated rings. The van der Waals surface area contributed by atoms with Gasteiger partial charge in [0, 0.05) is 13.0 Å². The number of hydrogen-bond donors (Lipinski definition) is 1. The van der Waals surface area contributed by atoms with Gasteiger partial charge in [-0.05, 0) is 20.8 Å². The number of rotatable bonds is 6. The highest BCUT2D eigenvalue weighted by Gasteiger charge is 2.16. The molecular weight excluding hydrogens is 298 g/mol. The highest BCUT2D eigenvalue weighted by atomic mass is 32.2. The van der Waals surface area contributed by atoms with E-state index in [4.69, 9.17) is 9.15 Å². The van der Waals surface area contributed by atoms with E-state index in [2.05, 4.69) is 20.3 Å².